The molecule has 2 aromatic rings. The zero-order valence-corrected chi connectivity index (χ0v) is 11.8. The van der Waals surface area contributed by atoms with Crippen molar-refractivity contribution in [1.29, 1.82) is 0 Å². The first-order chi connectivity index (χ1) is 10.0. The number of carbonyl (C=O) groups is 1. The fourth-order valence-corrected chi connectivity index (χ4v) is 2.55. The van der Waals surface area contributed by atoms with Crippen molar-refractivity contribution in [3.8, 4) is 5.75 Å². The average molecular weight is 305 g/mol. The molecule has 0 aromatic heterocycles. The van der Waals surface area contributed by atoms with Gasteiger partial charge in [-0.2, -0.15) is 0 Å². The Hall–Kier alpha value is -2.54. The molecule has 0 spiro atoms. The number of nitrogens with zero attached hydrogens (tertiary/aromatic N) is 1. The van der Waals surface area contributed by atoms with Crippen LogP contribution in [0.1, 0.15) is 10.4 Å². The molecule has 0 aliphatic carbocycles. The second-order valence-corrected chi connectivity index (χ2v) is 5.14. The zero-order chi connectivity index (χ0) is 15.4. The predicted molar refractivity (Wildman–Crippen MR) is 77.2 cm³/mol. The van der Waals surface area contributed by atoms with Gasteiger partial charge in [0.05, 0.1) is 28.6 Å². The Labute approximate surface area is 124 Å². The molecule has 0 heterocycles. The van der Waals surface area contributed by atoms with E-state index in [2.05, 4.69) is 0 Å². The summed E-state index contributed by atoms with van der Waals surface area (Å²) in [5.41, 5.74) is 0.116. The van der Waals surface area contributed by atoms with E-state index in [4.69, 9.17) is 9.84 Å². The third kappa shape index (κ3) is 3.51. The number of rotatable bonds is 5. The van der Waals surface area contributed by atoms with Gasteiger partial charge in [-0.1, -0.05) is 11.8 Å². The van der Waals surface area contributed by atoms with E-state index in [1.165, 1.54) is 37.1 Å². The Bertz CT molecular complexity index is 684. The Morgan fingerprint density at radius 3 is 2.43 bits per heavy atom. The highest BCUT2D eigenvalue weighted by Gasteiger charge is 2.16. The molecule has 6 nitrogen and oxygen atoms in total. The van der Waals surface area contributed by atoms with Crippen molar-refractivity contribution in [2.24, 2.45) is 0 Å². The van der Waals surface area contributed by atoms with Gasteiger partial charge in [0.25, 0.3) is 5.69 Å². The molecule has 0 fully saturated rings. The SMILES string of the molecule is COc1ccc(Sc2ccc(C(=O)O)cc2)c([N+](=O)[O-])c1. The van der Waals surface area contributed by atoms with E-state index >= 15 is 0 Å². The van der Waals surface area contributed by atoms with E-state index in [0.717, 1.165) is 0 Å². The Balaban J connectivity index is 2.30. The van der Waals surface area contributed by atoms with E-state index in [1.54, 1.807) is 24.3 Å². The van der Waals surface area contributed by atoms with E-state index in [1.807, 2.05) is 0 Å². The minimum atomic E-state index is -1.01. The van der Waals surface area contributed by atoms with Crippen molar-refractivity contribution >= 4 is 23.4 Å². The van der Waals surface area contributed by atoms with Gasteiger partial charge in [-0.15, -0.1) is 0 Å². The van der Waals surface area contributed by atoms with Crippen LogP contribution in [0, 0.1) is 10.1 Å². The fourth-order valence-electron chi connectivity index (χ4n) is 1.65. The van der Waals surface area contributed by atoms with Crippen molar-refractivity contribution in [3.05, 3.63) is 58.1 Å². The van der Waals surface area contributed by atoms with Gasteiger partial charge in [-0.25, -0.2) is 4.79 Å². The fraction of sp³-hybridized carbons (Fsp3) is 0.0714. The first-order valence-electron chi connectivity index (χ1n) is 5.85. The topological polar surface area (TPSA) is 89.7 Å². The van der Waals surface area contributed by atoms with Crippen LogP contribution in [0.25, 0.3) is 0 Å². The van der Waals surface area contributed by atoms with Crippen LogP contribution in [0.3, 0.4) is 0 Å². The number of carboxylic acids is 1. The largest absolute Gasteiger partial charge is 0.497 e. The highest BCUT2D eigenvalue weighted by molar-refractivity contribution is 7.99. The lowest BCUT2D eigenvalue weighted by molar-refractivity contribution is -0.387. The summed E-state index contributed by atoms with van der Waals surface area (Å²) in [6.45, 7) is 0. The number of aromatic carboxylic acids is 1. The first kappa shape index (κ1) is 14.9. The molecule has 0 radical (unpaired) electrons. The van der Waals surface area contributed by atoms with Gasteiger partial charge in [-0.05, 0) is 36.4 Å². The van der Waals surface area contributed by atoms with Gasteiger partial charge in [0.1, 0.15) is 5.75 Å². The molecule has 108 valence electrons. The normalized spacial score (nSPS) is 10.1. The molecule has 0 bridgehead atoms. The number of methoxy groups -OCH3 is 1. The number of ether oxygens (including phenoxy) is 1. The number of nitro benzene ring substituents is 1. The van der Waals surface area contributed by atoms with Crippen LogP contribution in [0.15, 0.2) is 52.3 Å². The zero-order valence-electron chi connectivity index (χ0n) is 11.0. The molecule has 0 aliphatic rings. The summed E-state index contributed by atoms with van der Waals surface area (Å²) >= 11 is 1.19. The summed E-state index contributed by atoms with van der Waals surface area (Å²) in [4.78, 5) is 22.6. The van der Waals surface area contributed by atoms with Crippen LogP contribution in [-0.4, -0.2) is 23.1 Å². The van der Waals surface area contributed by atoms with Crippen molar-refractivity contribution in [2.75, 3.05) is 7.11 Å². The van der Waals surface area contributed by atoms with Crippen molar-refractivity contribution in [2.45, 2.75) is 9.79 Å². The summed E-state index contributed by atoms with van der Waals surface area (Å²) in [5.74, 6) is -0.603. The maximum absolute atomic E-state index is 11.1. The van der Waals surface area contributed by atoms with Crippen LogP contribution in [0.4, 0.5) is 5.69 Å². The number of carboxylic acid groups (broad SMARTS) is 1. The highest BCUT2D eigenvalue weighted by Crippen LogP contribution is 2.36. The van der Waals surface area contributed by atoms with Crippen LogP contribution in [-0.2, 0) is 0 Å². The van der Waals surface area contributed by atoms with E-state index in [-0.39, 0.29) is 11.3 Å². The predicted octanol–water partition coefficient (Wildman–Crippen LogP) is 3.45. The molecule has 0 aliphatic heterocycles. The van der Waals surface area contributed by atoms with E-state index < -0.39 is 10.9 Å². The maximum atomic E-state index is 11.1. The summed E-state index contributed by atoms with van der Waals surface area (Å²) < 4.78 is 4.97. The molecular formula is C14H11NO5S. The summed E-state index contributed by atoms with van der Waals surface area (Å²) in [5, 5.41) is 19.9. The molecule has 21 heavy (non-hydrogen) atoms. The lowest BCUT2D eigenvalue weighted by Gasteiger charge is -2.05. The Morgan fingerprint density at radius 1 is 1.24 bits per heavy atom. The smallest absolute Gasteiger partial charge is 0.335 e. The lowest BCUT2D eigenvalue weighted by Crippen LogP contribution is -1.95. The van der Waals surface area contributed by atoms with Crippen LogP contribution >= 0.6 is 11.8 Å². The number of hydrogen-bond acceptors (Lipinski definition) is 5. The van der Waals surface area contributed by atoms with Crippen LogP contribution < -0.4 is 4.74 Å². The van der Waals surface area contributed by atoms with Gasteiger partial charge < -0.3 is 9.84 Å². The van der Waals surface area contributed by atoms with Gasteiger partial charge in [0.15, 0.2) is 0 Å². The lowest BCUT2D eigenvalue weighted by atomic mass is 10.2. The maximum Gasteiger partial charge on any atom is 0.335 e. The first-order valence-corrected chi connectivity index (χ1v) is 6.66. The highest BCUT2D eigenvalue weighted by atomic mass is 32.2. The molecule has 1 N–H and O–H groups in total. The minimum absolute atomic E-state index is 0.0540. The third-order valence-electron chi connectivity index (χ3n) is 2.69. The summed E-state index contributed by atoms with van der Waals surface area (Å²) in [6.07, 6.45) is 0. The molecule has 7 heteroatoms. The third-order valence-corrected chi connectivity index (χ3v) is 3.76. The van der Waals surface area contributed by atoms with Gasteiger partial charge in [0.2, 0.25) is 0 Å². The van der Waals surface area contributed by atoms with Crippen molar-refractivity contribution in [3.63, 3.8) is 0 Å². The number of nitro groups is 1. The van der Waals surface area contributed by atoms with Crippen LogP contribution in [0.5, 0.6) is 5.75 Å². The van der Waals surface area contributed by atoms with Crippen LogP contribution in [0.2, 0.25) is 0 Å². The van der Waals surface area contributed by atoms with Crippen molar-refractivity contribution < 1.29 is 19.6 Å². The van der Waals surface area contributed by atoms with Crippen molar-refractivity contribution in [1.82, 2.24) is 0 Å². The quantitative estimate of drug-likeness (QED) is 0.672. The molecule has 0 saturated carbocycles. The number of hydrogen-bond donors (Lipinski definition) is 1. The second kappa shape index (κ2) is 6.27. The molecule has 0 amide bonds. The average Bonchev–Trinajstić information content (AvgIpc) is 2.48. The van der Waals surface area contributed by atoms with E-state index in [9.17, 15) is 14.9 Å². The molecule has 2 rings (SSSR count). The molecule has 0 atom stereocenters. The molecule has 0 unspecified atom stereocenters. The van der Waals surface area contributed by atoms with Gasteiger partial charge in [-0.3, -0.25) is 10.1 Å². The minimum Gasteiger partial charge on any atom is -0.497 e. The summed E-state index contributed by atoms with van der Waals surface area (Å²) in [7, 11) is 1.44. The molecule has 0 saturated heterocycles. The standard InChI is InChI=1S/C14H11NO5S/c1-20-10-4-7-13(12(8-10)15(18)19)21-11-5-2-9(3-6-11)14(16)17/h2-8H,1H3,(H,16,17). The number of benzene rings is 2. The Kier molecular flexibility index (Phi) is 4.44. The summed E-state index contributed by atoms with van der Waals surface area (Å²) in [6, 6.07) is 10.7. The van der Waals surface area contributed by atoms with E-state index in [0.29, 0.717) is 15.5 Å². The van der Waals surface area contributed by atoms with Gasteiger partial charge >= 0.3 is 5.97 Å². The second-order valence-electron chi connectivity index (χ2n) is 4.02. The van der Waals surface area contributed by atoms with Gasteiger partial charge in [0, 0.05) is 4.90 Å². The Morgan fingerprint density at radius 2 is 1.90 bits per heavy atom. The molecular weight excluding hydrogens is 294 g/mol. The molecule has 2 aromatic carbocycles. The monoisotopic (exact) mass is 305 g/mol.